The summed E-state index contributed by atoms with van der Waals surface area (Å²) in [6, 6.07) is 10.9. The normalized spacial score (nSPS) is 12.8. The predicted molar refractivity (Wildman–Crippen MR) is 120 cm³/mol. The number of fused-ring (bicyclic) bond motifs is 2. The van der Waals surface area contributed by atoms with Gasteiger partial charge < -0.3 is 9.88 Å². The van der Waals surface area contributed by atoms with Crippen molar-refractivity contribution in [3.63, 3.8) is 0 Å². The highest BCUT2D eigenvalue weighted by atomic mass is 32.1. The number of rotatable bonds is 5. The van der Waals surface area contributed by atoms with E-state index in [-0.39, 0.29) is 6.04 Å². The molecule has 4 aromatic heterocycles. The predicted octanol–water partition coefficient (Wildman–Crippen LogP) is 3.92. The summed E-state index contributed by atoms with van der Waals surface area (Å²) in [4.78, 5) is 5.48. The third kappa shape index (κ3) is 3.28. The van der Waals surface area contributed by atoms with Crippen LogP contribution in [0.3, 0.4) is 0 Å². The number of nitrogens with one attached hydrogen (secondary N) is 1. The first-order chi connectivity index (χ1) is 14.5. The topological polar surface area (TPSA) is 72.9 Å². The van der Waals surface area contributed by atoms with Crippen molar-refractivity contribution in [3.05, 3.63) is 64.8 Å². The summed E-state index contributed by atoms with van der Waals surface area (Å²) in [6.45, 7) is 4.20. The quantitative estimate of drug-likeness (QED) is 0.469. The van der Waals surface area contributed by atoms with Crippen LogP contribution in [0.2, 0.25) is 0 Å². The van der Waals surface area contributed by atoms with Crippen molar-refractivity contribution in [1.82, 2.24) is 34.7 Å². The van der Waals surface area contributed by atoms with Gasteiger partial charge in [0.05, 0.1) is 11.6 Å². The molecule has 152 valence electrons. The highest BCUT2D eigenvalue weighted by Gasteiger charge is 2.15. The van der Waals surface area contributed by atoms with Gasteiger partial charge in [0.2, 0.25) is 4.96 Å². The van der Waals surface area contributed by atoms with Crippen molar-refractivity contribution in [3.8, 4) is 11.1 Å². The summed E-state index contributed by atoms with van der Waals surface area (Å²) in [5, 5.41) is 18.7. The maximum absolute atomic E-state index is 4.70. The van der Waals surface area contributed by atoms with E-state index in [0.29, 0.717) is 6.42 Å². The molecular weight excluding hydrogens is 394 g/mol. The van der Waals surface area contributed by atoms with E-state index in [2.05, 4.69) is 82.5 Å². The Morgan fingerprint density at radius 1 is 1.13 bits per heavy atom. The van der Waals surface area contributed by atoms with Gasteiger partial charge in [-0.05, 0) is 50.7 Å². The standard InChI is InChI=1S/C22H23N7S/c1-13-7-18(12-28(13)4)17-10-16-8-15(5-6-19(16)24-11-17)9-20-25-26-22-29(20)27-21(30-22)14(2)23-3/h5-8,10-12,14,23H,9H2,1-4H3/t14-/m0/s1. The molecule has 0 spiro atoms. The molecule has 5 aromatic rings. The first-order valence-corrected chi connectivity index (χ1v) is 10.7. The Balaban J connectivity index is 1.49. The molecule has 30 heavy (non-hydrogen) atoms. The Morgan fingerprint density at radius 3 is 2.77 bits per heavy atom. The fraction of sp³-hybridized carbons (Fsp3) is 0.273. The Hall–Kier alpha value is -3.10. The van der Waals surface area contributed by atoms with Crippen LogP contribution in [-0.2, 0) is 13.5 Å². The number of nitrogens with zero attached hydrogens (tertiary/aromatic N) is 6. The van der Waals surface area contributed by atoms with Crippen LogP contribution in [0, 0.1) is 6.92 Å². The number of aryl methyl sites for hydroxylation is 2. The Morgan fingerprint density at radius 2 is 2.00 bits per heavy atom. The summed E-state index contributed by atoms with van der Waals surface area (Å²) < 4.78 is 3.99. The first-order valence-electron chi connectivity index (χ1n) is 9.92. The lowest BCUT2D eigenvalue weighted by Gasteiger charge is -2.05. The summed E-state index contributed by atoms with van der Waals surface area (Å²) in [7, 11) is 3.99. The van der Waals surface area contributed by atoms with Crippen molar-refractivity contribution in [2.75, 3.05) is 7.05 Å². The fourth-order valence-corrected chi connectivity index (χ4v) is 4.46. The second-order valence-corrected chi connectivity index (χ2v) is 8.66. The van der Waals surface area contributed by atoms with Crippen LogP contribution in [-0.4, -0.2) is 36.4 Å². The average molecular weight is 418 g/mol. The maximum Gasteiger partial charge on any atom is 0.234 e. The SMILES string of the molecule is CN[C@@H](C)c1nn2c(Cc3ccc4ncc(-c5cc(C)n(C)c5)cc4c3)nnc2s1. The van der Waals surface area contributed by atoms with Crippen LogP contribution in [0.15, 0.2) is 42.7 Å². The molecule has 8 heteroatoms. The Labute approximate surface area is 178 Å². The zero-order chi connectivity index (χ0) is 20.8. The van der Waals surface area contributed by atoms with E-state index in [9.17, 15) is 0 Å². The van der Waals surface area contributed by atoms with E-state index in [1.165, 1.54) is 11.3 Å². The van der Waals surface area contributed by atoms with Crippen LogP contribution in [0.5, 0.6) is 0 Å². The smallest absolute Gasteiger partial charge is 0.234 e. The van der Waals surface area contributed by atoms with Gasteiger partial charge in [0.25, 0.3) is 0 Å². The summed E-state index contributed by atoms with van der Waals surface area (Å²) >= 11 is 1.57. The van der Waals surface area contributed by atoms with E-state index in [1.807, 2.05) is 17.8 Å². The molecule has 5 rings (SSSR count). The number of benzene rings is 1. The number of hydrogen-bond acceptors (Lipinski definition) is 6. The van der Waals surface area contributed by atoms with Gasteiger partial charge in [-0.2, -0.15) is 9.61 Å². The van der Waals surface area contributed by atoms with Gasteiger partial charge in [0.15, 0.2) is 5.82 Å². The highest BCUT2D eigenvalue weighted by Crippen LogP contribution is 2.26. The minimum atomic E-state index is 0.191. The molecule has 0 unspecified atom stereocenters. The van der Waals surface area contributed by atoms with Gasteiger partial charge in [-0.1, -0.05) is 17.4 Å². The zero-order valence-corrected chi connectivity index (χ0v) is 18.2. The van der Waals surface area contributed by atoms with Crippen LogP contribution in [0.1, 0.15) is 35.1 Å². The molecule has 7 nitrogen and oxygen atoms in total. The number of pyridine rings is 1. The lowest BCUT2D eigenvalue weighted by atomic mass is 10.0. The van der Waals surface area contributed by atoms with Crippen LogP contribution in [0.4, 0.5) is 0 Å². The van der Waals surface area contributed by atoms with Crippen molar-refractivity contribution < 1.29 is 0 Å². The Kier molecular flexibility index (Phi) is 4.60. The van der Waals surface area contributed by atoms with Crippen molar-refractivity contribution >= 4 is 27.2 Å². The second kappa shape index (κ2) is 7.30. The molecule has 1 atom stereocenters. The second-order valence-electron chi connectivity index (χ2n) is 7.67. The summed E-state index contributed by atoms with van der Waals surface area (Å²) in [5.74, 6) is 0.845. The maximum atomic E-state index is 4.70. The third-order valence-electron chi connectivity index (χ3n) is 5.57. The fourth-order valence-electron chi connectivity index (χ4n) is 3.54. The minimum Gasteiger partial charge on any atom is -0.354 e. The monoisotopic (exact) mass is 417 g/mol. The zero-order valence-electron chi connectivity index (χ0n) is 17.4. The molecule has 4 heterocycles. The third-order valence-corrected chi connectivity index (χ3v) is 6.65. The summed E-state index contributed by atoms with van der Waals surface area (Å²) in [5.41, 5.74) is 5.68. The van der Waals surface area contributed by atoms with E-state index in [1.54, 1.807) is 11.3 Å². The van der Waals surface area contributed by atoms with Gasteiger partial charge in [-0.25, -0.2) is 0 Å². The molecule has 0 aliphatic rings. The molecule has 0 radical (unpaired) electrons. The molecule has 0 aliphatic heterocycles. The van der Waals surface area contributed by atoms with Crippen molar-refractivity contribution in [2.45, 2.75) is 26.3 Å². The molecule has 0 aliphatic carbocycles. The van der Waals surface area contributed by atoms with Crippen molar-refractivity contribution in [2.24, 2.45) is 7.05 Å². The molecule has 0 amide bonds. The largest absolute Gasteiger partial charge is 0.354 e. The number of aromatic nitrogens is 6. The van der Waals surface area contributed by atoms with Crippen molar-refractivity contribution in [1.29, 1.82) is 0 Å². The molecule has 0 saturated heterocycles. The molecule has 0 bridgehead atoms. The van der Waals surface area contributed by atoms with Gasteiger partial charge >= 0.3 is 0 Å². The van der Waals surface area contributed by atoms with Gasteiger partial charge in [-0.15, -0.1) is 10.2 Å². The van der Waals surface area contributed by atoms with E-state index < -0.39 is 0 Å². The Bertz CT molecular complexity index is 1340. The first kappa shape index (κ1) is 18.9. The van der Waals surface area contributed by atoms with Gasteiger partial charge in [0.1, 0.15) is 5.01 Å². The van der Waals surface area contributed by atoms with E-state index >= 15 is 0 Å². The molecular formula is C22H23N7S. The van der Waals surface area contributed by atoms with Crippen LogP contribution < -0.4 is 5.32 Å². The molecule has 1 aromatic carbocycles. The van der Waals surface area contributed by atoms with Crippen LogP contribution in [0.25, 0.3) is 27.0 Å². The van der Waals surface area contributed by atoms with Crippen LogP contribution >= 0.6 is 11.3 Å². The molecule has 0 fully saturated rings. The summed E-state index contributed by atoms with van der Waals surface area (Å²) in [6.07, 6.45) is 4.75. The molecule has 0 saturated carbocycles. The van der Waals surface area contributed by atoms with E-state index in [4.69, 9.17) is 5.10 Å². The van der Waals surface area contributed by atoms with E-state index in [0.717, 1.165) is 37.8 Å². The molecule has 1 N–H and O–H groups in total. The minimum absolute atomic E-state index is 0.191. The lowest BCUT2D eigenvalue weighted by Crippen LogP contribution is -2.12. The van der Waals surface area contributed by atoms with Gasteiger partial charge in [0, 0.05) is 48.1 Å². The number of hydrogen-bond donors (Lipinski definition) is 1. The van der Waals surface area contributed by atoms with Gasteiger partial charge in [-0.3, -0.25) is 4.98 Å². The average Bonchev–Trinajstić information content (AvgIpc) is 3.43. The highest BCUT2D eigenvalue weighted by molar-refractivity contribution is 7.16. The lowest BCUT2D eigenvalue weighted by molar-refractivity contribution is 0.631.